The van der Waals surface area contributed by atoms with Crippen molar-refractivity contribution in [3.63, 3.8) is 0 Å². The van der Waals surface area contributed by atoms with Gasteiger partial charge in [0.15, 0.2) is 0 Å². The smallest absolute Gasteiger partial charge is 0.0983 e. The Balaban J connectivity index is 3.08. The lowest BCUT2D eigenvalue weighted by molar-refractivity contribution is 0.614. The first-order valence-corrected chi connectivity index (χ1v) is 4.13. The molecule has 1 rings (SSSR count). The van der Waals surface area contributed by atoms with Crippen LogP contribution in [0.1, 0.15) is 0 Å². The number of nitrogens with zero attached hydrogens (tertiary/aromatic N) is 2. The number of nitrogens with two attached hydrogens (primary N) is 1. The predicted octanol–water partition coefficient (Wildman–Crippen LogP) is 0.166. The second kappa shape index (κ2) is 4.23. The molecule has 4 nitrogen and oxygen atoms in total. The number of nitriles is 1. The second-order valence-electron chi connectivity index (χ2n) is 2.58. The van der Waals surface area contributed by atoms with Crippen molar-refractivity contribution in [2.24, 2.45) is 10.7 Å². The Bertz CT molecular complexity index is 324. The van der Waals surface area contributed by atoms with Gasteiger partial charge in [0, 0.05) is 17.7 Å². The maximum Gasteiger partial charge on any atom is 0.0983 e. The molecule has 1 atom stereocenters. The highest BCUT2D eigenvalue weighted by molar-refractivity contribution is 7.84. The highest BCUT2D eigenvalue weighted by Crippen LogP contribution is 2.17. The highest BCUT2D eigenvalue weighted by atomic mass is 32.1. The van der Waals surface area contributed by atoms with Crippen LogP contribution in [0.4, 0.5) is 0 Å². The zero-order valence-corrected chi connectivity index (χ0v) is 7.88. The molecule has 1 heterocycles. The fourth-order valence-corrected chi connectivity index (χ4v) is 1.23. The minimum absolute atomic E-state index is 0.324. The van der Waals surface area contributed by atoms with E-state index in [-0.39, 0.29) is 6.17 Å². The van der Waals surface area contributed by atoms with Gasteiger partial charge < -0.3 is 5.73 Å². The Morgan fingerprint density at radius 3 is 3.15 bits per heavy atom. The van der Waals surface area contributed by atoms with E-state index in [1.807, 2.05) is 6.07 Å². The average Bonchev–Trinajstić information content (AvgIpc) is 2.17. The quantitative estimate of drug-likeness (QED) is 0.411. The zero-order chi connectivity index (χ0) is 9.84. The van der Waals surface area contributed by atoms with Crippen LogP contribution in [0.25, 0.3) is 0 Å². The van der Waals surface area contributed by atoms with Gasteiger partial charge in [0.1, 0.15) is 0 Å². The second-order valence-corrected chi connectivity index (χ2v) is 3.00. The third kappa shape index (κ3) is 2.18. The molecule has 1 aliphatic rings. The van der Waals surface area contributed by atoms with Gasteiger partial charge in [-0.05, 0) is 12.8 Å². The first kappa shape index (κ1) is 9.99. The number of aliphatic imine (C=N–C) groups is 1. The number of hydrogen-bond donors (Lipinski definition) is 3. The Morgan fingerprint density at radius 1 is 1.92 bits per heavy atom. The zero-order valence-electron chi connectivity index (χ0n) is 6.99. The molecule has 0 aromatic carbocycles. The van der Waals surface area contributed by atoms with Gasteiger partial charge in [-0.1, -0.05) is 0 Å². The fraction of sp³-hybridized carbons (Fsp3) is 0.250. The van der Waals surface area contributed by atoms with Gasteiger partial charge in [0.05, 0.1) is 17.3 Å². The summed E-state index contributed by atoms with van der Waals surface area (Å²) in [5.74, 6) is 0. The van der Waals surface area contributed by atoms with Crippen molar-refractivity contribution in [2.75, 3.05) is 6.54 Å². The summed E-state index contributed by atoms with van der Waals surface area (Å²) < 4.78 is 0. The molecule has 68 valence electrons. The number of hydrogen-bond acceptors (Lipinski definition) is 5. The molecule has 5 heteroatoms. The SMILES string of the molecule is C=N/C(S)=C1\C=C(C#N)CNC1N. The van der Waals surface area contributed by atoms with Crippen molar-refractivity contribution in [1.29, 1.82) is 5.26 Å². The van der Waals surface area contributed by atoms with E-state index in [9.17, 15) is 0 Å². The van der Waals surface area contributed by atoms with Crippen molar-refractivity contribution in [3.8, 4) is 6.07 Å². The molecule has 0 spiro atoms. The van der Waals surface area contributed by atoms with Crippen LogP contribution in [-0.4, -0.2) is 19.4 Å². The topological polar surface area (TPSA) is 74.2 Å². The molecule has 0 fully saturated rings. The summed E-state index contributed by atoms with van der Waals surface area (Å²) in [6.45, 7) is 3.83. The summed E-state index contributed by atoms with van der Waals surface area (Å²) in [6, 6.07) is 2.05. The van der Waals surface area contributed by atoms with Crippen LogP contribution in [0, 0.1) is 11.3 Å². The Hall–Kier alpha value is -1.09. The van der Waals surface area contributed by atoms with Crippen molar-refractivity contribution in [1.82, 2.24) is 5.32 Å². The summed E-state index contributed by atoms with van der Waals surface area (Å²) in [4.78, 5) is 3.65. The third-order valence-corrected chi connectivity index (χ3v) is 2.13. The van der Waals surface area contributed by atoms with Gasteiger partial charge in [-0.2, -0.15) is 5.26 Å². The normalized spacial score (nSPS) is 25.9. The molecule has 1 aliphatic heterocycles. The van der Waals surface area contributed by atoms with Gasteiger partial charge in [0.2, 0.25) is 0 Å². The van der Waals surface area contributed by atoms with E-state index >= 15 is 0 Å². The van der Waals surface area contributed by atoms with Crippen LogP contribution in [0.3, 0.4) is 0 Å². The lowest BCUT2D eigenvalue weighted by Gasteiger charge is -2.20. The van der Waals surface area contributed by atoms with Crippen molar-refractivity contribution < 1.29 is 0 Å². The molecule has 0 aromatic heterocycles. The van der Waals surface area contributed by atoms with E-state index < -0.39 is 0 Å². The molecule has 1 unspecified atom stereocenters. The Labute approximate surface area is 82.2 Å². The summed E-state index contributed by atoms with van der Waals surface area (Å²) in [6.07, 6.45) is 1.37. The molecule has 0 aliphatic carbocycles. The van der Waals surface area contributed by atoms with Gasteiger partial charge >= 0.3 is 0 Å². The van der Waals surface area contributed by atoms with E-state index in [0.717, 1.165) is 0 Å². The van der Waals surface area contributed by atoms with E-state index in [1.54, 1.807) is 6.08 Å². The van der Waals surface area contributed by atoms with Crippen LogP contribution in [0.5, 0.6) is 0 Å². The molecule has 3 N–H and O–H groups in total. The first-order chi connectivity index (χ1) is 6.19. The van der Waals surface area contributed by atoms with Gasteiger partial charge in [-0.3, -0.25) is 10.3 Å². The first-order valence-electron chi connectivity index (χ1n) is 3.68. The van der Waals surface area contributed by atoms with Crippen molar-refractivity contribution in [2.45, 2.75) is 6.17 Å². The summed E-state index contributed by atoms with van der Waals surface area (Å²) in [5.41, 5.74) is 7.03. The number of nitrogens with one attached hydrogen (secondary N) is 1. The lowest BCUT2D eigenvalue weighted by Crippen LogP contribution is -2.42. The molecule has 0 amide bonds. The van der Waals surface area contributed by atoms with Gasteiger partial charge in [-0.25, -0.2) is 0 Å². The van der Waals surface area contributed by atoms with Crippen molar-refractivity contribution >= 4 is 19.3 Å². The van der Waals surface area contributed by atoms with Crippen LogP contribution in [-0.2, 0) is 0 Å². The van der Waals surface area contributed by atoms with Crippen molar-refractivity contribution in [3.05, 3.63) is 22.3 Å². The van der Waals surface area contributed by atoms with E-state index in [1.165, 1.54) is 0 Å². The third-order valence-electron chi connectivity index (χ3n) is 1.73. The minimum atomic E-state index is -0.324. The lowest BCUT2D eigenvalue weighted by atomic mass is 10.1. The molecule has 0 bridgehead atoms. The van der Waals surface area contributed by atoms with Crippen LogP contribution in [0.15, 0.2) is 27.2 Å². The van der Waals surface area contributed by atoms with Crippen LogP contribution in [0.2, 0.25) is 0 Å². The maximum atomic E-state index is 8.66. The maximum absolute atomic E-state index is 8.66. The summed E-state index contributed by atoms with van der Waals surface area (Å²) >= 11 is 4.09. The molecule has 0 aromatic rings. The van der Waals surface area contributed by atoms with Crippen LogP contribution < -0.4 is 11.1 Å². The molecule has 0 saturated heterocycles. The molecular formula is C8H10N4S. The number of thiol groups is 1. The average molecular weight is 194 g/mol. The van der Waals surface area contributed by atoms with Crippen LogP contribution >= 0.6 is 12.6 Å². The van der Waals surface area contributed by atoms with Gasteiger partial charge in [-0.15, -0.1) is 12.6 Å². The van der Waals surface area contributed by atoms with Gasteiger partial charge in [0.25, 0.3) is 0 Å². The van der Waals surface area contributed by atoms with E-state index in [2.05, 4.69) is 29.7 Å². The molecule has 0 saturated carbocycles. The summed E-state index contributed by atoms with van der Waals surface area (Å²) in [5, 5.41) is 12.0. The Kier molecular flexibility index (Phi) is 3.25. The summed E-state index contributed by atoms with van der Waals surface area (Å²) in [7, 11) is 0. The fourth-order valence-electron chi connectivity index (χ4n) is 1.03. The van der Waals surface area contributed by atoms with E-state index in [0.29, 0.717) is 22.7 Å². The minimum Gasteiger partial charge on any atom is -0.312 e. The highest BCUT2D eigenvalue weighted by Gasteiger charge is 2.16. The standard InChI is InChI=1S/C8H10N4S/c1-11-8(13)6-2-5(3-9)4-12-7(6)10/h2,7,12-13H,1,4,10H2/b8-6-. The largest absolute Gasteiger partial charge is 0.312 e. The molecule has 13 heavy (non-hydrogen) atoms. The molecular weight excluding hydrogens is 184 g/mol. The number of rotatable bonds is 1. The van der Waals surface area contributed by atoms with E-state index in [4.69, 9.17) is 11.0 Å². The molecule has 0 radical (unpaired) electrons. The monoisotopic (exact) mass is 194 g/mol. The predicted molar refractivity (Wildman–Crippen MR) is 55.2 cm³/mol. The Morgan fingerprint density at radius 2 is 2.62 bits per heavy atom.